The van der Waals surface area contributed by atoms with Gasteiger partial charge in [0.1, 0.15) is 0 Å². The Labute approximate surface area is 108 Å². The third kappa shape index (κ3) is 13.9. The van der Waals surface area contributed by atoms with Crippen molar-refractivity contribution in [1.29, 1.82) is 0 Å². The minimum atomic E-state index is -0.0578. The molecular formula is C15H33NO. The van der Waals surface area contributed by atoms with Gasteiger partial charge in [-0.05, 0) is 27.2 Å². The van der Waals surface area contributed by atoms with Crippen LogP contribution in [0.4, 0.5) is 0 Å². The molecule has 0 aliphatic heterocycles. The molecule has 2 heteroatoms. The number of rotatable bonds is 10. The molecule has 0 saturated carbocycles. The Kier molecular flexibility index (Phi) is 9.85. The molecular weight excluding hydrogens is 210 g/mol. The summed E-state index contributed by atoms with van der Waals surface area (Å²) in [5.41, 5.74) is 5.96. The zero-order valence-corrected chi connectivity index (χ0v) is 12.4. The van der Waals surface area contributed by atoms with Crippen molar-refractivity contribution in [3.05, 3.63) is 0 Å². The Bertz CT molecular complexity index is 163. The van der Waals surface area contributed by atoms with Crippen LogP contribution < -0.4 is 5.73 Å². The van der Waals surface area contributed by atoms with Crippen molar-refractivity contribution in [2.45, 2.75) is 90.7 Å². The number of hydrogen-bond donors (Lipinski definition) is 1. The van der Waals surface area contributed by atoms with E-state index in [-0.39, 0.29) is 11.6 Å². The maximum absolute atomic E-state index is 6.02. The fraction of sp³-hybridized carbons (Fsp3) is 1.00. The first-order valence-corrected chi connectivity index (χ1v) is 7.35. The molecule has 0 radical (unpaired) electrons. The van der Waals surface area contributed by atoms with E-state index in [0.717, 1.165) is 6.42 Å². The summed E-state index contributed by atoms with van der Waals surface area (Å²) in [5.74, 6) is 0. The number of hydrogen-bond acceptors (Lipinski definition) is 2. The average molecular weight is 243 g/mol. The van der Waals surface area contributed by atoms with Gasteiger partial charge < -0.3 is 10.5 Å². The van der Waals surface area contributed by atoms with Crippen LogP contribution in [0.5, 0.6) is 0 Å². The van der Waals surface area contributed by atoms with Gasteiger partial charge in [-0.1, -0.05) is 51.9 Å². The maximum atomic E-state index is 6.02. The Morgan fingerprint density at radius 1 is 0.941 bits per heavy atom. The van der Waals surface area contributed by atoms with Gasteiger partial charge >= 0.3 is 0 Å². The van der Waals surface area contributed by atoms with E-state index in [0.29, 0.717) is 6.61 Å². The highest BCUT2D eigenvalue weighted by Crippen LogP contribution is 2.11. The van der Waals surface area contributed by atoms with Crippen LogP contribution in [-0.2, 0) is 4.74 Å². The molecule has 2 N–H and O–H groups in total. The molecule has 0 bridgehead atoms. The Morgan fingerprint density at radius 2 is 1.47 bits per heavy atom. The lowest BCUT2D eigenvalue weighted by Gasteiger charge is -2.22. The van der Waals surface area contributed by atoms with Crippen molar-refractivity contribution in [2.75, 3.05) is 6.61 Å². The minimum Gasteiger partial charge on any atom is -0.374 e. The summed E-state index contributed by atoms with van der Waals surface area (Å²) < 4.78 is 5.68. The highest BCUT2D eigenvalue weighted by Gasteiger charge is 2.12. The largest absolute Gasteiger partial charge is 0.374 e. The van der Waals surface area contributed by atoms with Crippen LogP contribution in [0.2, 0.25) is 0 Å². The van der Waals surface area contributed by atoms with Gasteiger partial charge in [-0.3, -0.25) is 0 Å². The summed E-state index contributed by atoms with van der Waals surface area (Å²) in [6.07, 6.45) is 10.6. The summed E-state index contributed by atoms with van der Waals surface area (Å²) >= 11 is 0. The van der Waals surface area contributed by atoms with Crippen molar-refractivity contribution in [3.63, 3.8) is 0 Å². The van der Waals surface area contributed by atoms with Crippen LogP contribution in [-0.4, -0.2) is 18.2 Å². The van der Waals surface area contributed by atoms with Crippen molar-refractivity contribution >= 4 is 0 Å². The van der Waals surface area contributed by atoms with E-state index in [1.54, 1.807) is 0 Å². The van der Waals surface area contributed by atoms with Crippen LogP contribution in [0.25, 0.3) is 0 Å². The minimum absolute atomic E-state index is 0.0578. The molecule has 0 aromatic heterocycles. The van der Waals surface area contributed by atoms with Crippen LogP contribution in [0.3, 0.4) is 0 Å². The Balaban J connectivity index is 3.25. The second-order valence-electron chi connectivity index (χ2n) is 6.09. The molecule has 104 valence electrons. The summed E-state index contributed by atoms with van der Waals surface area (Å²) in [6, 6.07) is 0.213. The molecule has 17 heavy (non-hydrogen) atoms. The Hall–Kier alpha value is -0.0800. The quantitative estimate of drug-likeness (QED) is 0.582. The molecule has 0 fully saturated rings. The van der Waals surface area contributed by atoms with Crippen molar-refractivity contribution in [3.8, 4) is 0 Å². The highest BCUT2D eigenvalue weighted by atomic mass is 16.5. The molecule has 0 aromatic rings. The molecule has 0 aliphatic carbocycles. The molecule has 0 amide bonds. The molecule has 1 unspecified atom stereocenters. The smallest absolute Gasteiger partial charge is 0.0624 e. The lowest BCUT2D eigenvalue weighted by atomic mass is 10.1. The third-order valence-electron chi connectivity index (χ3n) is 2.91. The fourth-order valence-corrected chi connectivity index (χ4v) is 1.80. The molecule has 0 saturated heterocycles. The zero-order valence-electron chi connectivity index (χ0n) is 12.4. The molecule has 0 rings (SSSR count). The van der Waals surface area contributed by atoms with E-state index in [9.17, 15) is 0 Å². The molecule has 0 heterocycles. The summed E-state index contributed by atoms with van der Waals surface area (Å²) in [5, 5.41) is 0. The van der Waals surface area contributed by atoms with Crippen molar-refractivity contribution in [2.24, 2.45) is 5.73 Å². The normalized spacial score (nSPS) is 13.9. The van der Waals surface area contributed by atoms with Gasteiger partial charge in [0, 0.05) is 6.04 Å². The SMILES string of the molecule is CCCCCCCCCC(N)COC(C)(C)C. The fourth-order valence-electron chi connectivity index (χ4n) is 1.80. The van der Waals surface area contributed by atoms with Crippen molar-refractivity contribution in [1.82, 2.24) is 0 Å². The standard InChI is InChI=1S/C15H33NO/c1-5-6-7-8-9-10-11-12-14(16)13-17-15(2,3)4/h14H,5-13,16H2,1-4H3. The lowest BCUT2D eigenvalue weighted by molar-refractivity contribution is -0.0110. The van der Waals surface area contributed by atoms with E-state index in [2.05, 4.69) is 27.7 Å². The van der Waals surface area contributed by atoms with Crippen LogP contribution in [0.1, 0.15) is 79.1 Å². The summed E-state index contributed by atoms with van der Waals surface area (Å²) in [4.78, 5) is 0. The van der Waals surface area contributed by atoms with Gasteiger partial charge in [0.05, 0.1) is 12.2 Å². The molecule has 2 nitrogen and oxygen atoms in total. The maximum Gasteiger partial charge on any atom is 0.0624 e. The first-order chi connectivity index (χ1) is 7.95. The first-order valence-electron chi connectivity index (χ1n) is 7.35. The van der Waals surface area contributed by atoms with E-state index in [1.807, 2.05) is 0 Å². The van der Waals surface area contributed by atoms with Crippen LogP contribution in [0.15, 0.2) is 0 Å². The predicted octanol–water partition coefficient (Wildman–Crippen LogP) is 4.27. The Morgan fingerprint density at radius 3 is 2.00 bits per heavy atom. The third-order valence-corrected chi connectivity index (χ3v) is 2.91. The molecule has 0 aliphatic rings. The van der Waals surface area contributed by atoms with Crippen LogP contribution in [0, 0.1) is 0 Å². The van der Waals surface area contributed by atoms with Gasteiger partial charge in [-0.2, -0.15) is 0 Å². The predicted molar refractivity (Wildman–Crippen MR) is 76.3 cm³/mol. The molecule has 0 spiro atoms. The van der Waals surface area contributed by atoms with Gasteiger partial charge in [-0.25, -0.2) is 0 Å². The number of nitrogens with two attached hydrogens (primary N) is 1. The van der Waals surface area contributed by atoms with E-state index >= 15 is 0 Å². The van der Waals surface area contributed by atoms with Crippen LogP contribution >= 0.6 is 0 Å². The molecule has 1 atom stereocenters. The zero-order chi connectivity index (χ0) is 13.1. The van der Waals surface area contributed by atoms with E-state index in [1.165, 1.54) is 44.9 Å². The average Bonchev–Trinajstić information content (AvgIpc) is 2.24. The monoisotopic (exact) mass is 243 g/mol. The van der Waals surface area contributed by atoms with E-state index < -0.39 is 0 Å². The second-order valence-corrected chi connectivity index (χ2v) is 6.09. The first kappa shape index (κ1) is 16.9. The van der Waals surface area contributed by atoms with Crippen molar-refractivity contribution < 1.29 is 4.74 Å². The van der Waals surface area contributed by atoms with Gasteiger partial charge in [0.15, 0.2) is 0 Å². The number of ether oxygens (including phenoxy) is 1. The number of unbranched alkanes of at least 4 members (excludes halogenated alkanes) is 6. The van der Waals surface area contributed by atoms with Gasteiger partial charge in [-0.15, -0.1) is 0 Å². The second kappa shape index (κ2) is 9.90. The van der Waals surface area contributed by atoms with Gasteiger partial charge in [0.2, 0.25) is 0 Å². The lowest BCUT2D eigenvalue weighted by Crippen LogP contribution is -2.31. The topological polar surface area (TPSA) is 35.2 Å². The summed E-state index contributed by atoms with van der Waals surface area (Å²) in [7, 11) is 0. The highest BCUT2D eigenvalue weighted by molar-refractivity contribution is 4.65. The van der Waals surface area contributed by atoms with E-state index in [4.69, 9.17) is 10.5 Å². The summed E-state index contributed by atoms with van der Waals surface area (Å²) in [6.45, 7) is 9.18. The molecule has 0 aromatic carbocycles. The van der Waals surface area contributed by atoms with Gasteiger partial charge in [0.25, 0.3) is 0 Å².